The van der Waals surface area contributed by atoms with Gasteiger partial charge in [0.25, 0.3) is 5.56 Å². The molecule has 2 aliphatic heterocycles. The summed E-state index contributed by atoms with van der Waals surface area (Å²) in [5.41, 5.74) is 2.03. The highest BCUT2D eigenvalue weighted by Crippen LogP contribution is 2.37. The molecule has 0 unspecified atom stereocenters. The third-order valence-corrected chi connectivity index (χ3v) is 9.53. The van der Waals surface area contributed by atoms with Gasteiger partial charge in [-0.05, 0) is 24.0 Å². The first kappa shape index (κ1) is 25.5. The van der Waals surface area contributed by atoms with Crippen molar-refractivity contribution in [3.8, 4) is 0 Å². The Kier molecular flexibility index (Phi) is 7.02. The summed E-state index contributed by atoms with van der Waals surface area (Å²) in [6, 6.07) is 9.92. The van der Waals surface area contributed by atoms with Gasteiger partial charge < -0.3 is 14.4 Å². The molecule has 0 aliphatic carbocycles. The second-order valence-electron chi connectivity index (χ2n) is 10.2. The van der Waals surface area contributed by atoms with Gasteiger partial charge in [-0.25, -0.2) is 4.40 Å². The fourth-order valence-corrected chi connectivity index (χ4v) is 7.39. The van der Waals surface area contributed by atoms with Gasteiger partial charge >= 0.3 is 0 Å². The van der Waals surface area contributed by atoms with Gasteiger partial charge in [-0.1, -0.05) is 55.9 Å². The molecule has 4 aromatic rings. The van der Waals surface area contributed by atoms with Crippen LogP contribution in [-0.2, 0) is 33.8 Å². The van der Waals surface area contributed by atoms with Crippen LogP contribution in [-0.4, -0.2) is 67.6 Å². The smallest absolute Gasteiger partial charge is 0.264 e. The first-order valence-corrected chi connectivity index (χ1v) is 14.7. The minimum atomic E-state index is -0.353. The summed E-state index contributed by atoms with van der Waals surface area (Å²) in [4.78, 5) is 31.0. The lowest BCUT2D eigenvalue weighted by Gasteiger charge is -2.28. The number of ether oxygens (including phenoxy) is 2. The van der Waals surface area contributed by atoms with Crippen LogP contribution in [0.2, 0.25) is 0 Å². The zero-order valence-corrected chi connectivity index (χ0v) is 23.4. The fourth-order valence-electron chi connectivity index (χ4n) is 5.15. The number of benzene rings is 1. The summed E-state index contributed by atoms with van der Waals surface area (Å²) in [5.74, 6) is 0.892. The summed E-state index contributed by atoms with van der Waals surface area (Å²) in [7, 11) is 0. The molecule has 0 radical (unpaired) electrons. The van der Waals surface area contributed by atoms with E-state index in [-0.39, 0.29) is 22.8 Å². The van der Waals surface area contributed by atoms with E-state index < -0.39 is 0 Å². The van der Waals surface area contributed by atoms with Crippen molar-refractivity contribution in [1.29, 1.82) is 0 Å². The lowest BCUT2D eigenvalue weighted by Crippen LogP contribution is -2.44. The molecule has 0 N–H and O–H groups in total. The van der Waals surface area contributed by atoms with Crippen LogP contribution in [0.3, 0.4) is 0 Å². The number of carbonyl (C=O) groups excluding carboxylic acids is 1. The topological polar surface area (TPSA) is 91.0 Å². The van der Waals surface area contributed by atoms with Crippen LogP contribution < -0.4 is 5.56 Å². The maximum atomic E-state index is 14.1. The Labute approximate surface area is 228 Å². The summed E-state index contributed by atoms with van der Waals surface area (Å²) in [5, 5.41) is 9.96. The van der Waals surface area contributed by atoms with E-state index >= 15 is 0 Å². The first-order chi connectivity index (χ1) is 18.4. The molecule has 1 saturated heterocycles. The third kappa shape index (κ3) is 4.55. The average molecular weight is 554 g/mol. The Morgan fingerprint density at radius 2 is 1.92 bits per heavy atom. The monoisotopic (exact) mass is 553 g/mol. The molecule has 0 saturated carbocycles. The number of thiophene rings is 1. The minimum Gasteiger partial charge on any atom is -0.378 e. The molecule has 1 aromatic carbocycles. The van der Waals surface area contributed by atoms with E-state index in [1.54, 1.807) is 15.9 Å². The largest absolute Gasteiger partial charge is 0.378 e. The predicted molar refractivity (Wildman–Crippen MR) is 148 cm³/mol. The van der Waals surface area contributed by atoms with Crippen LogP contribution >= 0.6 is 23.1 Å². The molecule has 0 bridgehead atoms. The number of rotatable bonds is 6. The zero-order chi connectivity index (χ0) is 26.4. The van der Waals surface area contributed by atoms with Crippen molar-refractivity contribution in [2.45, 2.75) is 56.9 Å². The zero-order valence-electron chi connectivity index (χ0n) is 21.8. The molecule has 0 spiro atoms. The van der Waals surface area contributed by atoms with Crippen molar-refractivity contribution in [1.82, 2.24) is 24.1 Å². The van der Waals surface area contributed by atoms with Gasteiger partial charge in [0.2, 0.25) is 11.7 Å². The van der Waals surface area contributed by atoms with Gasteiger partial charge in [0.1, 0.15) is 4.83 Å². The van der Waals surface area contributed by atoms with Crippen LogP contribution in [0.15, 0.2) is 40.3 Å². The van der Waals surface area contributed by atoms with E-state index in [0.717, 1.165) is 26.2 Å². The second kappa shape index (κ2) is 10.4. The Morgan fingerprint density at radius 3 is 2.66 bits per heavy atom. The molecule has 1 fully saturated rings. The normalized spacial score (nSPS) is 18.8. The molecule has 200 valence electrons. The molecule has 5 heterocycles. The van der Waals surface area contributed by atoms with Gasteiger partial charge in [0.15, 0.2) is 5.16 Å². The van der Waals surface area contributed by atoms with Crippen LogP contribution in [0, 0.1) is 5.92 Å². The predicted octanol–water partition coefficient (Wildman–Crippen LogP) is 3.59. The van der Waals surface area contributed by atoms with E-state index in [0.29, 0.717) is 62.7 Å². The number of thioether (sulfide) groups is 1. The van der Waals surface area contributed by atoms with Gasteiger partial charge in [-0.2, -0.15) is 0 Å². The van der Waals surface area contributed by atoms with Crippen LogP contribution in [0.25, 0.3) is 16.0 Å². The molecular weight excluding hydrogens is 522 g/mol. The summed E-state index contributed by atoms with van der Waals surface area (Å²) in [6.07, 6.45) is 0.772. The van der Waals surface area contributed by atoms with Crippen molar-refractivity contribution in [3.63, 3.8) is 0 Å². The lowest BCUT2D eigenvalue weighted by atomic mass is 9.96. The number of amides is 1. The standard InChI is InChI=1S/C27H31N5O4S2/c1-16(2)20-13-19-21(15-36-20)38-25-22(19)24(34)31(14-18-7-5-4-6-8-18)26-28-29-27(32(25)26)37-17(3)23(33)30-9-11-35-12-10-30/h4-8,16-17,20H,9-15H2,1-3H3/t17-,20+/m0/s1. The number of hydrogen-bond acceptors (Lipinski definition) is 8. The van der Waals surface area contributed by atoms with Gasteiger partial charge in [-0.3, -0.25) is 14.2 Å². The summed E-state index contributed by atoms with van der Waals surface area (Å²) >= 11 is 2.96. The van der Waals surface area contributed by atoms with Crippen LogP contribution in [0.4, 0.5) is 0 Å². The van der Waals surface area contributed by atoms with E-state index in [9.17, 15) is 9.59 Å². The van der Waals surface area contributed by atoms with Crippen molar-refractivity contribution < 1.29 is 14.3 Å². The molecule has 2 aliphatic rings. The molecule has 9 nitrogen and oxygen atoms in total. The average Bonchev–Trinajstić information content (AvgIpc) is 3.52. The minimum absolute atomic E-state index is 0.0559. The Morgan fingerprint density at radius 1 is 1.16 bits per heavy atom. The summed E-state index contributed by atoms with van der Waals surface area (Å²) < 4.78 is 15.2. The second-order valence-corrected chi connectivity index (χ2v) is 12.6. The number of morpholine rings is 1. The highest BCUT2D eigenvalue weighted by atomic mass is 32.2. The number of aromatic nitrogens is 4. The van der Waals surface area contributed by atoms with Crippen molar-refractivity contribution in [2.75, 3.05) is 26.3 Å². The molecule has 2 atom stereocenters. The lowest BCUT2D eigenvalue weighted by molar-refractivity contribution is -0.134. The Hall–Kier alpha value is -2.73. The highest BCUT2D eigenvalue weighted by Gasteiger charge is 2.31. The fraction of sp³-hybridized carbons (Fsp3) is 0.481. The Bertz CT molecular complexity index is 1540. The van der Waals surface area contributed by atoms with E-state index in [1.165, 1.54) is 11.8 Å². The van der Waals surface area contributed by atoms with Gasteiger partial charge in [0.05, 0.1) is 43.1 Å². The quantitative estimate of drug-likeness (QED) is 0.337. The number of fused-ring (bicyclic) bond motifs is 5. The molecule has 1 amide bonds. The molecule has 3 aromatic heterocycles. The van der Waals surface area contributed by atoms with Crippen molar-refractivity contribution in [3.05, 3.63) is 56.7 Å². The van der Waals surface area contributed by atoms with Crippen LogP contribution in [0.1, 0.15) is 36.8 Å². The maximum Gasteiger partial charge on any atom is 0.264 e. The van der Waals surface area contributed by atoms with E-state index in [4.69, 9.17) is 9.47 Å². The molecule has 6 rings (SSSR count). The molecule has 38 heavy (non-hydrogen) atoms. The van der Waals surface area contributed by atoms with Gasteiger partial charge in [-0.15, -0.1) is 21.5 Å². The summed E-state index contributed by atoms with van der Waals surface area (Å²) in [6.45, 7) is 9.40. The van der Waals surface area contributed by atoms with Crippen LogP contribution in [0.5, 0.6) is 0 Å². The van der Waals surface area contributed by atoms with E-state index in [1.807, 2.05) is 46.6 Å². The van der Waals surface area contributed by atoms with E-state index in [2.05, 4.69) is 24.0 Å². The highest BCUT2D eigenvalue weighted by molar-refractivity contribution is 8.00. The molecule has 11 heteroatoms. The third-order valence-electron chi connectivity index (χ3n) is 7.31. The maximum absolute atomic E-state index is 14.1. The van der Waals surface area contributed by atoms with Crippen molar-refractivity contribution >= 4 is 45.0 Å². The number of hydrogen-bond donors (Lipinski definition) is 0. The number of nitrogens with zero attached hydrogens (tertiary/aromatic N) is 5. The van der Waals surface area contributed by atoms with Gasteiger partial charge in [0, 0.05) is 24.4 Å². The first-order valence-electron chi connectivity index (χ1n) is 13.0. The molecular formula is C27H31N5O4S2. The number of carbonyl (C=O) groups is 1. The SMILES string of the molecule is CC(C)[C@H]1Cc2c(sc3c2c(=O)n(Cc2ccccc2)c2nnc(S[C@@H](C)C(=O)N4CCOCC4)n32)CO1. The Balaban J connectivity index is 1.48. The van der Waals surface area contributed by atoms with Crippen molar-refractivity contribution in [2.24, 2.45) is 5.92 Å².